The number of halogens is 1. The quantitative estimate of drug-likeness (QED) is 0.363. The minimum Gasteiger partial charge on any atom is -0.371 e. The fourth-order valence-electron chi connectivity index (χ4n) is 2.30. The van der Waals surface area contributed by atoms with E-state index < -0.39 is 0 Å². The van der Waals surface area contributed by atoms with Gasteiger partial charge in [0.1, 0.15) is 0 Å². The van der Waals surface area contributed by atoms with Gasteiger partial charge in [-0.15, -0.1) is 24.0 Å². The summed E-state index contributed by atoms with van der Waals surface area (Å²) in [4.78, 5) is 4.43. The van der Waals surface area contributed by atoms with E-state index in [1.54, 1.807) is 0 Å². The molecule has 142 valence electrons. The van der Waals surface area contributed by atoms with Crippen LogP contribution in [-0.2, 0) is 17.9 Å². The second-order valence-electron chi connectivity index (χ2n) is 7.35. The number of nitrogens with two attached hydrogens (primary N) is 1. The molecule has 0 atom stereocenters. The van der Waals surface area contributed by atoms with Crippen LogP contribution in [0.4, 0.5) is 5.69 Å². The van der Waals surface area contributed by atoms with Crippen LogP contribution in [0.3, 0.4) is 0 Å². The van der Waals surface area contributed by atoms with Crippen LogP contribution >= 0.6 is 24.0 Å². The Morgan fingerprint density at radius 3 is 2.38 bits per heavy atom. The Labute approximate surface area is 174 Å². The first kappa shape index (κ1) is 22.4. The molecular formula is C21H30IN3O. The van der Waals surface area contributed by atoms with Crippen LogP contribution in [0.2, 0.25) is 0 Å². The Balaban J connectivity index is 0.00000338. The van der Waals surface area contributed by atoms with Crippen molar-refractivity contribution in [3.63, 3.8) is 0 Å². The second-order valence-corrected chi connectivity index (χ2v) is 7.35. The zero-order valence-corrected chi connectivity index (χ0v) is 18.6. The molecule has 0 saturated carbocycles. The van der Waals surface area contributed by atoms with Crippen LogP contribution in [-0.4, -0.2) is 11.6 Å². The molecule has 0 amide bonds. The molecule has 0 unspecified atom stereocenters. The van der Waals surface area contributed by atoms with E-state index in [1.165, 1.54) is 11.1 Å². The van der Waals surface area contributed by atoms with Crippen molar-refractivity contribution in [1.82, 2.24) is 0 Å². The molecule has 0 saturated heterocycles. The Bertz CT molecular complexity index is 751. The minimum atomic E-state index is -0.144. The summed E-state index contributed by atoms with van der Waals surface area (Å²) in [5.41, 5.74) is 11.6. The molecule has 4 nitrogen and oxygen atoms in total. The van der Waals surface area contributed by atoms with Gasteiger partial charge in [-0.05, 0) is 69.0 Å². The maximum Gasteiger partial charge on any atom is 0.193 e. The van der Waals surface area contributed by atoms with E-state index in [4.69, 9.17) is 10.5 Å². The molecule has 0 bridgehead atoms. The Morgan fingerprint density at radius 1 is 1.04 bits per heavy atom. The van der Waals surface area contributed by atoms with Gasteiger partial charge in [0.25, 0.3) is 0 Å². The third-order valence-corrected chi connectivity index (χ3v) is 3.87. The fourth-order valence-corrected chi connectivity index (χ4v) is 2.30. The van der Waals surface area contributed by atoms with Crippen LogP contribution in [0, 0.1) is 13.8 Å². The molecule has 0 spiro atoms. The third-order valence-electron chi connectivity index (χ3n) is 3.87. The summed E-state index contributed by atoms with van der Waals surface area (Å²) < 4.78 is 5.82. The molecule has 0 radical (unpaired) electrons. The van der Waals surface area contributed by atoms with E-state index in [0.29, 0.717) is 19.1 Å². The molecule has 2 rings (SSSR count). The zero-order chi connectivity index (χ0) is 18.4. The number of nitrogens with zero attached hydrogens (tertiary/aromatic N) is 1. The van der Waals surface area contributed by atoms with Crippen molar-refractivity contribution in [3.05, 3.63) is 64.7 Å². The number of nitrogens with one attached hydrogen (secondary N) is 1. The molecule has 26 heavy (non-hydrogen) atoms. The Kier molecular flexibility index (Phi) is 8.56. The third kappa shape index (κ3) is 7.74. The van der Waals surface area contributed by atoms with Crippen LogP contribution in [0.5, 0.6) is 0 Å². The number of aliphatic imine (C=N–C) groups is 1. The van der Waals surface area contributed by atoms with E-state index in [2.05, 4.69) is 69.2 Å². The largest absolute Gasteiger partial charge is 0.371 e. The molecule has 2 aromatic rings. The lowest BCUT2D eigenvalue weighted by Gasteiger charge is -2.19. The monoisotopic (exact) mass is 467 g/mol. The minimum absolute atomic E-state index is 0. The van der Waals surface area contributed by atoms with E-state index in [-0.39, 0.29) is 29.6 Å². The van der Waals surface area contributed by atoms with Crippen molar-refractivity contribution in [2.24, 2.45) is 10.7 Å². The lowest BCUT2D eigenvalue weighted by atomic mass is 10.1. The maximum atomic E-state index is 6.01. The van der Waals surface area contributed by atoms with Crippen LogP contribution in [0.1, 0.15) is 43.0 Å². The fraction of sp³-hybridized carbons (Fsp3) is 0.381. The number of hydrogen-bond acceptors (Lipinski definition) is 2. The molecule has 0 aromatic heterocycles. The molecule has 3 N–H and O–H groups in total. The van der Waals surface area contributed by atoms with Gasteiger partial charge in [-0.2, -0.15) is 0 Å². The van der Waals surface area contributed by atoms with E-state index in [9.17, 15) is 0 Å². The number of anilines is 1. The van der Waals surface area contributed by atoms with Gasteiger partial charge in [-0.1, -0.05) is 30.3 Å². The van der Waals surface area contributed by atoms with Crippen LogP contribution in [0.15, 0.2) is 47.5 Å². The summed E-state index contributed by atoms with van der Waals surface area (Å²) in [7, 11) is 0. The van der Waals surface area contributed by atoms with Crippen molar-refractivity contribution >= 4 is 35.6 Å². The van der Waals surface area contributed by atoms with Gasteiger partial charge in [0.2, 0.25) is 0 Å². The Hall–Kier alpha value is -1.60. The number of ether oxygens (including phenoxy) is 1. The number of rotatable bonds is 5. The first-order valence-electron chi connectivity index (χ1n) is 8.59. The van der Waals surface area contributed by atoms with Gasteiger partial charge >= 0.3 is 0 Å². The second kappa shape index (κ2) is 9.92. The molecule has 5 heteroatoms. The molecule has 0 heterocycles. The maximum absolute atomic E-state index is 6.01. The Morgan fingerprint density at radius 2 is 1.73 bits per heavy atom. The van der Waals surface area contributed by atoms with Gasteiger partial charge < -0.3 is 15.8 Å². The smallest absolute Gasteiger partial charge is 0.193 e. The van der Waals surface area contributed by atoms with Gasteiger partial charge in [0, 0.05) is 5.69 Å². The van der Waals surface area contributed by atoms with Gasteiger partial charge in [0.05, 0.1) is 18.8 Å². The highest BCUT2D eigenvalue weighted by Crippen LogP contribution is 2.15. The predicted molar refractivity (Wildman–Crippen MR) is 121 cm³/mol. The van der Waals surface area contributed by atoms with E-state index >= 15 is 0 Å². The summed E-state index contributed by atoms with van der Waals surface area (Å²) in [5, 5.41) is 3.14. The number of guanidine groups is 1. The normalized spacial score (nSPS) is 11.8. The van der Waals surface area contributed by atoms with Gasteiger partial charge in [0.15, 0.2) is 5.96 Å². The molecule has 0 aliphatic carbocycles. The number of benzene rings is 2. The van der Waals surface area contributed by atoms with Gasteiger partial charge in [-0.3, -0.25) is 0 Å². The number of hydrogen-bond donors (Lipinski definition) is 2. The SMILES string of the molecule is Cc1ccc(NC(N)=NCc2cccc(COC(C)(C)C)c2)cc1C.I. The van der Waals surface area contributed by atoms with Crippen LogP contribution < -0.4 is 11.1 Å². The highest BCUT2D eigenvalue weighted by Gasteiger charge is 2.10. The zero-order valence-electron chi connectivity index (χ0n) is 16.3. The van der Waals surface area contributed by atoms with Crippen molar-refractivity contribution < 1.29 is 4.74 Å². The first-order valence-corrected chi connectivity index (χ1v) is 8.59. The summed E-state index contributed by atoms with van der Waals surface area (Å²) in [6.45, 7) is 11.5. The van der Waals surface area contributed by atoms with Crippen molar-refractivity contribution in [1.29, 1.82) is 0 Å². The average molecular weight is 467 g/mol. The van der Waals surface area contributed by atoms with E-state index in [0.717, 1.165) is 16.8 Å². The molecule has 2 aromatic carbocycles. The molecule has 0 fully saturated rings. The van der Waals surface area contributed by atoms with E-state index in [1.807, 2.05) is 18.2 Å². The van der Waals surface area contributed by atoms with Crippen molar-refractivity contribution in [3.8, 4) is 0 Å². The first-order chi connectivity index (χ1) is 11.7. The topological polar surface area (TPSA) is 59.6 Å². The van der Waals surface area contributed by atoms with Crippen molar-refractivity contribution in [2.45, 2.75) is 53.4 Å². The summed E-state index contributed by atoms with van der Waals surface area (Å²) in [5.74, 6) is 0.416. The lowest BCUT2D eigenvalue weighted by Crippen LogP contribution is -2.22. The highest BCUT2D eigenvalue weighted by molar-refractivity contribution is 14.0. The lowest BCUT2D eigenvalue weighted by molar-refractivity contribution is -0.0149. The molecule has 0 aliphatic heterocycles. The van der Waals surface area contributed by atoms with Crippen LogP contribution in [0.25, 0.3) is 0 Å². The highest BCUT2D eigenvalue weighted by atomic mass is 127. The molecule has 0 aliphatic rings. The molecular weight excluding hydrogens is 437 g/mol. The number of aryl methyl sites for hydroxylation is 2. The summed E-state index contributed by atoms with van der Waals surface area (Å²) in [6.07, 6.45) is 0. The predicted octanol–water partition coefficient (Wildman–Crippen LogP) is 5.16. The van der Waals surface area contributed by atoms with Gasteiger partial charge in [-0.25, -0.2) is 4.99 Å². The standard InChI is InChI=1S/C21H29N3O.HI/c1-15-9-10-19(11-16(15)2)24-20(22)23-13-17-7-6-8-18(12-17)14-25-21(3,4)5;/h6-12H,13-14H2,1-5H3,(H3,22,23,24);1H. The summed E-state index contributed by atoms with van der Waals surface area (Å²) >= 11 is 0. The van der Waals surface area contributed by atoms with Crippen molar-refractivity contribution in [2.75, 3.05) is 5.32 Å². The average Bonchev–Trinajstić information content (AvgIpc) is 2.54. The summed E-state index contributed by atoms with van der Waals surface area (Å²) in [6, 6.07) is 14.4.